The molecule has 0 saturated heterocycles. The fourth-order valence-corrected chi connectivity index (χ4v) is 2.88. The quantitative estimate of drug-likeness (QED) is 0.867. The van der Waals surface area contributed by atoms with E-state index in [4.69, 9.17) is 11.6 Å². The minimum atomic E-state index is -3.68. The monoisotopic (exact) mass is 346 g/mol. The van der Waals surface area contributed by atoms with E-state index in [1.54, 1.807) is 36.4 Å². The Morgan fingerprint density at radius 1 is 1.11 bits per heavy atom. The number of anilines is 1. The molecule has 2 aromatic rings. The Kier molecular flexibility index (Phi) is 3.89. The molecule has 1 heterocycles. The van der Waals surface area contributed by atoms with E-state index < -0.39 is 10.0 Å². The Labute approximate surface area is 118 Å². The summed E-state index contributed by atoms with van der Waals surface area (Å²) in [7, 11) is -3.68. The van der Waals surface area contributed by atoms with Gasteiger partial charge in [-0.05, 0) is 52.3 Å². The molecule has 1 aromatic carbocycles. The van der Waals surface area contributed by atoms with Gasteiger partial charge in [-0.15, -0.1) is 0 Å². The maximum atomic E-state index is 12.0. The zero-order chi connectivity index (χ0) is 13.2. The molecule has 0 spiro atoms. The minimum absolute atomic E-state index is 0.0492. The van der Waals surface area contributed by atoms with Gasteiger partial charge in [-0.2, -0.15) is 8.42 Å². The van der Waals surface area contributed by atoms with Crippen LogP contribution in [0.5, 0.6) is 0 Å². The van der Waals surface area contributed by atoms with Crippen molar-refractivity contribution in [2.45, 2.75) is 5.03 Å². The van der Waals surface area contributed by atoms with Crippen molar-refractivity contribution in [1.29, 1.82) is 0 Å². The molecule has 0 unspecified atom stereocenters. The lowest BCUT2D eigenvalue weighted by Gasteiger charge is -2.07. The van der Waals surface area contributed by atoms with E-state index in [0.717, 1.165) is 0 Å². The van der Waals surface area contributed by atoms with Crippen LogP contribution in [0.25, 0.3) is 0 Å². The maximum Gasteiger partial charge on any atom is 0.279 e. The highest BCUT2D eigenvalue weighted by molar-refractivity contribution is 9.10. The second-order valence-corrected chi connectivity index (χ2v) is 6.29. The van der Waals surface area contributed by atoms with Gasteiger partial charge in [0.2, 0.25) is 0 Å². The molecular formula is C11H8BrClN2O2S. The summed E-state index contributed by atoms with van der Waals surface area (Å²) in [5.74, 6) is 0. The highest BCUT2D eigenvalue weighted by Gasteiger charge is 2.15. The van der Waals surface area contributed by atoms with Gasteiger partial charge in [-0.25, -0.2) is 4.98 Å². The van der Waals surface area contributed by atoms with Gasteiger partial charge >= 0.3 is 0 Å². The Morgan fingerprint density at radius 3 is 2.39 bits per heavy atom. The summed E-state index contributed by atoms with van der Waals surface area (Å²) in [6.07, 6.45) is 0. The van der Waals surface area contributed by atoms with Gasteiger partial charge in [-0.3, -0.25) is 4.72 Å². The van der Waals surface area contributed by atoms with E-state index in [0.29, 0.717) is 15.3 Å². The Balaban J connectivity index is 2.30. The molecule has 0 aliphatic heterocycles. The molecule has 0 aliphatic carbocycles. The first-order chi connectivity index (χ1) is 8.47. The summed E-state index contributed by atoms with van der Waals surface area (Å²) in [4.78, 5) is 3.90. The largest absolute Gasteiger partial charge is 0.279 e. The normalized spacial score (nSPS) is 11.2. The predicted molar refractivity (Wildman–Crippen MR) is 74.2 cm³/mol. The SMILES string of the molecule is O=S(=O)(Nc1ccc(Cl)cc1)c1cccc(Br)n1. The molecular weight excluding hydrogens is 340 g/mol. The van der Waals surface area contributed by atoms with E-state index >= 15 is 0 Å². The standard InChI is InChI=1S/C11H8BrClN2O2S/c12-10-2-1-3-11(14-10)18(16,17)15-9-6-4-8(13)5-7-9/h1-7,15H. The predicted octanol–water partition coefficient (Wildman–Crippen LogP) is 3.30. The Morgan fingerprint density at radius 2 is 1.78 bits per heavy atom. The number of hydrogen-bond donors (Lipinski definition) is 1. The van der Waals surface area contributed by atoms with Gasteiger partial charge in [0.1, 0.15) is 4.60 Å². The summed E-state index contributed by atoms with van der Waals surface area (Å²) in [6, 6.07) is 11.1. The highest BCUT2D eigenvalue weighted by atomic mass is 79.9. The van der Waals surface area contributed by atoms with Crippen molar-refractivity contribution in [3.05, 3.63) is 52.1 Å². The maximum absolute atomic E-state index is 12.0. The topological polar surface area (TPSA) is 59.1 Å². The Hall–Kier alpha value is -1.11. The highest BCUT2D eigenvalue weighted by Crippen LogP contribution is 2.18. The van der Waals surface area contributed by atoms with Crippen molar-refractivity contribution < 1.29 is 8.42 Å². The first-order valence-electron chi connectivity index (χ1n) is 4.88. The third-order valence-corrected chi connectivity index (χ3v) is 4.04. The van der Waals surface area contributed by atoms with Gasteiger partial charge in [0.25, 0.3) is 10.0 Å². The molecule has 94 valence electrons. The second kappa shape index (κ2) is 5.26. The summed E-state index contributed by atoms with van der Waals surface area (Å²) in [6.45, 7) is 0. The van der Waals surface area contributed by atoms with Gasteiger partial charge < -0.3 is 0 Å². The molecule has 0 bridgehead atoms. The molecule has 0 saturated carbocycles. The summed E-state index contributed by atoms with van der Waals surface area (Å²) in [5.41, 5.74) is 0.432. The van der Waals surface area contributed by atoms with Crippen molar-refractivity contribution in [3.8, 4) is 0 Å². The molecule has 18 heavy (non-hydrogen) atoms. The zero-order valence-corrected chi connectivity index (χ0v) is 12.1. The molecule has 0 aliphatic rings. The number of aromatic nitrogens is 1. The van der Waals surface area contributed by atoms with Crippen LogP contribution in [0.2, 0.25) is 5.02 Å². The molecule has 0 radical (unpaired) electrons. The number of nitrogens with zero attached hydrogens (tertiary/aromatic N) is 1. The number of nitrogens with one attached hydrogen (secondary N) is 1. The summed E-state index contributed by atoms with van der Waals surface area (Å²) in [5, 5.41) is 0.491. The van der Waals surface area contributed by atoms with Crippen LogP contribution in [0.4, 0.5) is 5.69 Å². The number of hydrogen-bond acceptors (Lipinski definition) is 3. The van der Waals surface area contributed by atoms with Gasteiger partial charge in [0.05, 0.1) is 0 Å². The molecule has 2 rings (SSSR count). The number of pyridine rings is 1. The number of rotatable bonds is 3. The number of sulfonamides is 1. The molecule has 0 fully saturated rings. The van der Waals surface area contributed by atoms with Crippen LogP contribution >= 0.6 is 27.5 Å². The van der Waals surface area contributed by atoms with Crippen LogP contribution < -0.4 is 4.72 Å². The third-order valence-electron chi connectivity index (χ3n) is 2.06. The average molecular weight is 348 g/mol. The van der Waals surface area contributed by atoms with Crippen molar-refractivity contribution in [3.63, 3.8) is 0 Å². The lowest BCUT2D eigenvalue weighted by molar-refractivity contribution is 0.597. The minimum Gasteiger partial charge on any atom is -0.278 e. The lowest BCUT2D eigenvalue weighted by atomic mass is 10.3. The van der Waals surface area contributed by atoms with Crippen molar-refractivity contribution in [2.24, 2.45) is 0 Å². The average Bonchev–Trinajstić information content (AvgIpc) is 2.32. The van der Waals surface area contributed by atoms with Gasteiger partial charge in [0, 0.05) is 10.7 Å². The second-order valence-electron chi connectivity index (χ2n) is 3.41. The first kappa shape index (κ1) is 13.3. The smallest absolute Gasteiger partial charge is 0.278 e. The van der Waals surface area contributed by atoms with Crippen LogP contribution in [0.3, 0.4) is 0 Å². The van der Waals surface area contributed by atoms with Crippen LogP contribution in [-0.2, 0) is 10.0 Å². The van der Waals surface area contributed by atoms with Gasteiger partial charge in [0.15, 0.2) is 5.03 Å². The molecule has 1 aromatic heterocycles. The zero-order valence-electron chi connectivity index (χ0n) is 8.97. The molecule has 7 heteroatoms. The number of benzene rings is 1. The fraction of sp³-hybridized carbons (Fsp3) is 0. The van der Waals surface area contributed by atoms with Crippen LogP contribution in [-0.4, -0.2) is 13.4 Å². The van der Waals surface area contributed by atoms with Crippen molar-refractivity contribution in [1.82, 2.24) is 4.98 Å². The van der Waals surface area contributed by atoms with Gasteiger partial charge in [-0.1, -0.05) is 17.7 Å². The third kappa shape index (κ3) is 3.22. The van der Waals surface area contributed by atoms with Crippen LogP contribution in [0, 0.1) is 0 Å². The summed E-state index contributed by atoms with van der Waals surface area (Å²) >= 11 is 8.85. The van der Waals surface area contributed by atoms with Crippen LogP contribution in [0.1, 0.15) is 0 Å². The fourth-order valence-electron chi connectivity index (χ4n) is 1.26. The summed E-state index contributed by atoms with van der Waals surface area (Å²) < 4.78 is 26.9. The van der Waals surface area contributed by atoms with Crippen LogP contribution in [0.15, 0.2) is 52.1 Å². The molecule has 4 nitrogen and oxygen atoms in total. The molecule has 1 N–H and O–H groups in total. The van der Waals surface area contributed by atoms with E-state index in [1.165, 1.54) is 6.07 Å². The van der Waals surface area contributed by atoms with E-state index in [2.05, 4.69) is 25.6 Å². The Bertz CT molecular complexity index is 659. The van der Waals surface area contributed by atoms with E-state index in [1.807, 2.05) is 0 Å². The van der Waals surface area contributed by atoms with Crippen molar-refractivity contribution in [2.75, 3.05) is 4.72 Å². The lowest BCUT2D eigenvalue weighted by Crippen LogP contribution is -2.14. The van der Waals surface area contributed by atoms with E-state index in [-0.39, 0.29) is 5.03 Å². The first-order valence-corrected chi connectivity index (χ1v) is 7.54. The van der Waals surface area contributed by atoms with E-state index in [9.17, 15) is 8.42 Å². The van der Waals surface area contributed by atoms with Crippen molar-refractivity contribution >= 4 is 43.2 Å². The molecule has 0 atom stereocenters. The molecule has 0 amide bonds. The number of halogens is 2.